The summed E-state index contributed by atoms with van der Waals surface area (Å²) in [6, 6.07) is 11.9. The normalized spacial score (nSPS) is 18.1. The first kappa shape index (κ1) is 26.0. The largest absolute Gasteiger partial charge is 0.380 e. The number of pyridine rings is 1. The molecule has 2 aliphatic rings. The number of primary amides is 1. The first-order valence-corrected chi connectivity index (χ1v) is 13.2. The van der Waals surface area contributed by atoms with Gasteiger partial charge in [-0.15, -0.1) is 0 Å². The second kappa shape index (κ2) is 11.3. The number of nitriles is 1. The highest BCUT2D eigenvalue weighted by atomic mass is 32.2. The summed E-state index contributed by atoms with van der Waals surface area (Å²) >= 11 is 1.19. The van der Waals surface area contributed by atoms with Crippen LogP contribution in [0.2, 0.25) is 0 Å². The average Bonchev–Trinajstić information content (AvgIpc) is 2.89. The van der Waals surface area contributed by atoms with Crippen molar-refractivity contribution in [2.45, 2.75) is 49.4 Å². The number of nitrogens with zero attached hydrogens (tertiary/aromatic N) is 4. The van der Waals surface area contributed by atoms with E-state index in [2.05, 4.69) is 28.1 Å². The van der Waals surface area contributed by atoms with Crippen LogP contribution in [-0.4, -0.2) is 49.8 Å². The molecule has 9 heteroatoms. The van der Waals surface area contributed by atoms with E-state index in [1.807, 2.05) is 37.3 Å². The highest BCUT2D eigenvalue weighted by Gasteiger charge is 2.34. The van der Waals surface area contributed by atoms with Crippen molar-refractivity contribution in [3.63, 3.8) is 0 Å². The second-order valence-electron chi connectivity index (χ2n) is 9.78. The van der Waals surface area contributed by atoms with Gasteiger partial charge < -0.3 is 20.7 Å². The maximum Gasteiger partial charge on any atom is 0.235 e. The Balaban J connectivity index is 1.60. The lowest BCUT2D eigenvalue weighted by atomic mass is 9.88. The molecular weight excluding hydrogens is 472 g/mol. The van der Waals surface area contributed by atoms with Crippen molar-refractivity contribution in [3.05, 3.63) is 58.4 Å². The summed E-state index contributed by atoms with van der Waals surface area (Å²) in [5, 5.41) is 13.5. The van der Waals surface area contributed by atoms with Crippen LogP contribution >= 0.6 is 11.8 Å². The summed E-state index contributed by atoms with van der Waals surface area (Å²) in [6.45, 7) is 16.1. The van der Waals surface area contributed by atoms with E-state index >= 15 is 0 Å². The van der Waals surface area contributed by atoms with Crippen LogP contribution in [0, 0.1) is 23.3 Å². The molecular formula is C27H32N6O2S. The van der Waals surface area contributed by atoms with Gasteiger partial charge in [-0.25, -0.2) is 9.83 Å². The fourth-order valence-electron chi connectivity index (χ4n) is 4.74. The van der Waals surface area contributed by atoms with E-state index in [1.54, 1.807) is 0 Å². The van der Waals surface area contributed by atoms with Crippen molar-refractivity contribution in [2.24, 2.45) is 11.1 Å². The van der Waals surface area contributed by atoms with Crippen LogP contribution in [0.25, 0.3) is 4.85 Å². The summed E-state index contributed by atoms with van der Waals surface area (Å²) in [4.78, 5) is 23.2. The molecule has 1 amide bonds. The van der Waals surface area contributed by atoms with Crippen LogP contribution in [0.15, 0.2) is 35.4 Å². The van der Waals surface area contributed by atoms with Crippen LogP contribution in [0.5, 0.6) is 0 Å². The number of benzene rings is 1. The van der Waals surface area contributed by atoms with Gasteiger partial charge >= 0.3 is 0 Å². The fourth-order valence-corrected chi connectivity index (χ4v) is 5.80. The van der Waals surface area contributed by atoms with Crippen molar-refractivity contribution in [1.82, 2.24) is 10.3 Å². The predicted octanol–water partition coefficient (Wildman–Crippen LogP) is 3.98. The Hall–Kier alpha value is -3.11. The Morgan fingerprint density at radius 2 is 2.08 bits per heavy atom. The number of amides is 1. The molecule has 8 nitrogen and oxygen atoms in total. The summed E-state index contributed by atoms with van der Waals surface area (Å²) in [5.74, 6) is 0.0978. The second-order valence-corrected chi connectivity index (χ2v) is 10.9. The van der Waals surface area contributed by atoms with E-state index in [1.165, 1.54) is 11.8 Å². The lowest BCUT2D eigenvalue weighted by Gasteiger charge is -2.41. The number of anilines is 1. The molecule has 2 aromatic rings. The molecule has 0 spiro atoms. The molecule has 2 saturated heterocycles. The van der Waals surface area contributed by atoms with Crippen molar-refractivity contribution in [1.29, 1.82) is 5.26 Å². The zero-order valence-electron chi connectivity index (χ0n) is 20.8. The molecule has 36 heavy (non-hydrogen) atoms. The van der Waals surface area contributed by atoms with Crippen molar-refractivity contribution in [3.8, 4) is 6.07 Å². The minimum atomic E-state index is -0.686. The number of hydrogen-bond donors (Lipinski definition) is 2. The van der Waals surface area contributed by atoms with Crippen LogP contribution < -0.4 is 16.0 Å². The lowest BCUT2D eigenvalue weighted by molar-refractivity contribution is -0.117. The van der Waals surface area contributed by atoms with Crippen LogP contribution in [0.3, 0.4) is 0 Å². The Bertz CT molecular complexity index is 1180. The quantitative estimate of drug-likeness (QED) is 0.393. The van der Waals surface area contributed by atoms with Crippen molar-refractivity contribution < 1.29 is 9.53 Å². The zero-order chi connectivity index (χ0) is 25.7. The van der Waals surface area contributed by atoms with Crippen molar-refractivity contribution >= 4 is 29.2 Å². The molecule has 1 atom stereocenters. The number of nitrogens with two attached hydrogens (primary N) is 1. The van der Waals surface area contributed by atoms with Gasteiger partial charge in [-0.05, 0) is 30.4 Å². The molecule has 1 aromatic carbocycles. The summed E-state index contributed by atoms with van der Waals surface area (Å²) in [6.07, 6.45) is 2.40. The molecule has 1 unspecified atom stereocenters. The summed E-state index contributed by atoms with van der Waals surface area (Å²) in [7, 11) is 0. The van der Waals surface area contributed by atoms with Crippen LogP contribution in [0.1, 0.15) is 48.6 Å². The summed E-state index contributed by atoms with van der Waals surface area (Å²) in [5.41, 5.74) is 8.20. The van der Waals surface area contributed by atoms with E-state index in [-0.39, 0.29) is 5.41 Å². The summed E-state index contributed by atoms with van der Waals surface area (Å²) < 4.78 is 5.36. The third-order valence-electron chi connectivity index (χ3n) is 6.90. The van der Waals surface area contributed by atoms with Gasteiger partial charge in [0, 0.05) is 31.1 Å². The maximum absolute atomic E-state index is 12.4. The van der Waals surface area contributed by atoms with Gasteiger partial charge in [-0.1, -0.05) is 55.9 Å². The van der Waals surface area contributed by atoms with Gasteiger partial charge in [-0.2, -0.15) is 5.26 Å². The van der Waals surface area contributed by atoms with E-state index in [0.29, 0.717) is 40.1 Å². The van der Waals surface area contributed by atoms with E-state index in [4.69, 9.17) is 22.0 Å². The molecule has 2 fully saturated rings. The minimum Gasteiger partial charge on any atom is -0.380 e. The topological polar surface area (TPSA) is 109 Å². The third kappa shape index (κ3) is 5.49. The molecule has 0 radical (unpaired) electrons. The monoisotopic (exact) mass is 504 g/mol. The molecule has 0 bridgehead atoms. The first-order chi connectivity index (χ1) is 17.4. The number of aromatic nitrogens is 1. The highest BCUT2D eigenvalue weighted by molar-refractivity contribution is 8.00. The van der Waals surface area contributed by atoms with Crippen LogP contribution in [-0.2, 0) is 16.0 Å². The Kier molecular flexibility index (Phi) is 8.15. The standard InChI is InChI=1S/C27H32N6O2S/c1-4-20-21(14-28)26(36-23(24(29)34)18-8-6-5-7-9-18)32-25(22(20)30-3)33-12-10-19(11-13-33)31-15-27(2)16-35-17-27/h5-9,19,23,31H,4,10-13,15-17H2,1-2H3,(H2,29,34). The number of hydrogen-bond acceptors (Lipinski definition) is 7. The molecule has 2 aliphatic heterocycles. The SMILES string of the molecule is [C-]#[N+]c1c(N2CCC(NCC3(C)COC3)CC2)nc(SC(C(N)=O)c2ccccc2)c(C#N)c1CC. The van der Waals surface area contributed by atoms with Gasteiger partial charge in [-0.3, -0.25) is 4.79 Å². The molecule has 3 N–H and O–H groups in total. The van der Waals surface area contributed by atoms with Gasteiger partial charge in [0.15, 0.2) is 0 Å². The predicted molar refractivity (Wildman–Crippen MR) is 141 cm³/mol. The maximum atomic E-state index is 12.4. The smallest absolute Gasteiger partial charge is 0.235 e. The van der Waals surface area contributed by atoms with E-state index < -0.39 is 11.2 Å². The van der Waals surface area contributed by atoms with Gasteiger partial charge in [0.1, 0.15) is 22.2 Å². The Labute approximate surface area is 217 Å². The number of piperidine rings is 1. The Morgan fingerprint density at radius 3 is 2.61 bits per heavy atom. The number of carbonyl (C=O) groups is 1. The molecule has 188 valence electrons. The first-order valence-electron chi connectivity index (χ1n) is 12.3. The van der Waals surface area contributed by atoms with Gasteiger partial charge in [0.25, 0.3) is 0 Å². The molecule has 1 aromatic heterocycles. The molecule has 3 heterocycles. The third-order valence-corrected chi connectivity index (χ3v) is 8.16. The molecule has 0 aliphatic carbocycles. The van der Waals surface area contributed by atoms with E-state index in [0.717, 1.165) is 51.3 Å². The Morgan fingerprint density at radius 1 is 1.39 bits per heavy atom. The lowest BCUT2D eigenvalue weighted by Crippen LogP contribution is -2.51. The number of nitrogens with one attached hydrogen (secondary N) is 1. The fraction of sp³-hybridized carbons (Fsp3) is 0.481. The minimum absolute atomic E-state index is 0.223. The number of rotatable bonds is 9. The number of thioether (sulfide) groups is 1. The van der Waals surface area contributed by atoms with Crippen LogP contribution in [0.4, 0.5) is 11.5 Å². The van der Waals surface area contributed by atoms with Gasteiger partial charge in [0.05, 0.1) is 25.3 Å². The van der Waals surface area contributed by atoms with E-state index in [9.17, 15) is 10.1 Å². The molecule has 4 rings (SSSR count). The number of ether oxygens (including phenoxy) is 1. The van der Waals surface area contributed by atoms with Gasteiger partial charge in [0.2, 0.25) is 11.6 Å². The highest BCUT2D eigenvalue weighted by Crippen LogP contribution is 2.43. The van der Waals surface area contributed by atoms with Crippen molar-refractivity contribution in [2.75, 3.05) is 37.7 Å². The zero-order valence-corrected chi connectivity index (χ0v) is 21.6. The molecule has 0 saturated carbocycles. The average molecular weight is 505 g/mol. The number of carbonyl (C=O) groups excluding carboxylic acids is 1.